The van der Waals surface area contributed by atoms with Gasteiger partial charge in [0.05, 0.1) is 24.0 Å². The Bertz CT molecular complexity index is 1630. The summed E-state index contributed by atoms with van der Waals surface area (Å²) in [6, 6.07) is 18.7. The number of hydrogen-bond donors (Lipinski definition) is 2. The highest BCUT2D eigenvalue weighted by Gasteiger charge is 2.39. The maximum atomic E-state index is 14.0. The Morgan fingerprint density at radius 3 is 2.35 bits per heavy atom. The fraction of sp³-hybridized carbons (Fsp3) is 0.0800. The van der Waals surface area contributed by atoms with Crippen molar-refractivity contribution in [3.63, 3.8) is 0 Å². The van der Waals surface area contributed by atoms with Gasteiger partial charge >= 0.3 is 6.03 Å². The number of aromatic nitrogens is 2. The number of urea groups is 1. The van der Waals surface area contributed by atoms with E-state index in [2.05, 4.69) is 20.6 Å². The topological polar surface area (TPSA) is 104 Å². The third kappa shape index (κ3) is 4.74. The van der Waals surface area contributed by atoms with Gasteiger partial charge < -0.3 is 9.72 Å². The van der Waals surface area contributed by atoms with Gasteiger partial charge in [0, 0.05) is 15.6 Å². The van der Waals surface area contributed by atoms with E-state index in [1.54, 1.807) is 79.9 Å². The number of nitrogens with zero attached hydrogens (tertiary/aromatic N) is 4. The molecule has 0 bridgehead atoms. The van der Waals surface area contributed by atoms with Gasteiger partial charge in [-0.15, -0.1) is 5.11 Å². The Balaban J connectivity index is 1.71. The molecule has 12 heteroatoms. The maximum Gasteiger partial charge on any atom is 0.345 e. The Morgan fingerprint density at radius 2 is 1.68 bits per heavy atom. The van der Waals surface area contributed by atoms with Crippen LogP contribution >= 0.6 is 35.4 Å². The minimum atomic E-state index is -1.00. The number of hydrogen-bond acceptors (Lipinski definition) is 6. The van der Waals surface area contributed by atoms with Crippen LogP contribution in [0.25, 0.3) is 5.69 Å². The van der Waals surface area contributed by atoms with Crippen molar-refractivity contribution < 1.29 is 9.53 Å². The molecule has 5 rings (SSSR count). The number of carbonyl (C=O) groups is 1. The van der Waals surface area contributed by atoms with Crippen molar-refractivity contribution in [2.24, 2.45) is 10.3 Å². The van der Waals surface area contributed by atoms with E-state index in [0.717, 1.165) is 5.01 Å². The molecule has 1 aliphatic heterocycles. The first-order chi connectivity index (χ1) is 17.9. The van der Waals surface area contributed by atoms with Crippen LogP contribution in [0, 0.1) is 4.77 Å². The highest BCUT2D eigenvalue weighted by Crippen LogP contribution is 2.38. The van der Waals surface area contributed by atoms with Crippen LogP contribution < -0.4 is 15.6 Å². The first-order valence-corrected chi connectivity index (χ1v) is 12.1. The summed E-state index contributed by atoms with van der Waals surface area (Å²) >= 11 is 18.0. The number of benzene rings is 3. The summed E-state index contributed by atoms with van der Waals surface area (Å²) in [6.07, 6.45) is 0. The van der Waals surface area contributed by atoms with Gasteiger partial charge in [0.2, 0.25) is 0 Å². The van der Waals surface area contributed by atoms with Crippen molar-refractivity contribution in [3.05, 3.63) is 109 Å². The number of methoxy groups -OCH3 is 1. The largest absolute Gasteiger partial charge is 0.497 e. The lowest BCUT2D eigenvalue weighted by Crippen LogP contribution is -2.44. The number of carbonyl (C=O) groups excluding carboxylic acids is 1. The van der Waals surface area contributed by atoms with Gasteiger partial charge in [-0.1, -0.05) is 46.6 Å². The highest BCUT2D eigenvalue weighted by atomic mass is 35.5. The van der Waals surface area contributed by atoms with Crippen LogP contribution in [0.5, 0.6) is 5.75 Å². The fourth-order valence-electron chi connectivity index (χ4n) is 3.96. The molecule has 1 unspecified atom stereocenters. The van der Waals surface area contributed by atoms with Crippen molar-refractivity contribution in [1.29, 1.82) is 0 Å². The van der Waals surface area contributed by atoms with Crippen molar-refractivity contribution in [2.45, 2.75) is 6.04 Å². The predicted octanol–water partition coefficient (Wildman–Crippen LogP) is 6.85. The normalized spacial score (nSPS) is 14.9. The van der Waals surface area contributed by atoms with Crippen LogP contribution in [0.15, 0.2) is 87.9 Å². The molecule has 0 spiro atoms. The molecular formula is C25H18Cl2N6O3S. The number of halogens is 2. The van der Waals surface area contributed by atoms with Gasteiger partial charge in [0.25, 0.3) is 5.56 Å². The van der Waals surface area contributed by atoms with Crippen LogP contribution in [-0.4, -0.2) is 27.7 Å². The lowest BCUT2D eigenvalue weighted by Gasteiger charge is -2.33. The van der Waals surface area contributed by atoms with Gasteiger partial charge in [0.15, 0.2) is 4.77 Å². The summed E-state index contributed by atoms with van der Waals surface area (Å²) in [5.74, 6) is 0.785. The summed E-state index contributed by atoms with van der Waals surface area (Å²) in [4.78, 5) is 30.2. The van der Waals surface area contributed by atoms with Crippen molar-refractivity contribution in [1.82, 2.24) is 14.6 Å². The van der Waals surface area contributed by atoms with E-state index >= 15 is 0 Å². The summed E-state index contributed by atoms with van der Waals surface area (Å²) in [6.45, 7) is 0. The predicted molar refractivity (Wildman–Crippen MR) is 144 cm³/mol. The van der Waals surface area contributed by atoms with E-state index in [0.29, 0.717) is 32.7 Å². The Labute approximate surface area is 225 Å². The van der Waals surface area contributed by atoms with Gasteiger partial charge in [-0.3, -0.25) is 14.7 Å². The third-order valence-electron chi connectivity index (χ3n) is 5.71. The molecule has 2 amide bonds. The number of rotatable bonds is 5. The zero-order valence-electron chi connectivity index (χ0n) is 19.2. The number of ether oxygens (including phenoxy) is 1. The second-order valence-electron chi connectivity index (χ2n) is 7.92. The van der Waals surface area contributed by atoms with Gasteiger partial charge in [-0.05, 0) is 66.8 Å². The molecule has 1 atom stereocenters. The molecular weight excluding hydrogens is 535 g/mol. The second-order valence-corrected chi connectivity index (χ2v) is 9.15. The number of fused-ring (bicyclic) bond motifs is 1. The summed E-state index contributed by atoms with van der Waals surface area (Å²) in [7, 11) is 1.55. The Morgan fingerprint density at radius 1 is 0.973 bits per heavy atom. The van der Waals surface area contributed by atoms with Crippen LogP contribution in [0.1, 0.15) is 17.2 Å². The molecule has 2 heterocycles. The molecule has 2 N–H and O–H groups in total. The maximum absolute atomic E-state index is 14.0. The van der Waals surface area contributed by atoms with E-state index in [9.17, 15) is 9.59 Å². The van der Waals surface area contributed by atoms with Crippen LogP contribution in [0.2, 0.25) is 10.0 Å². The molecule has 1 aliphatic rings. The lowest BCUT2D eigenvalue weighted by atomic mass is 9.98. The van der Waals surface area contributed by atoms with Gasteiger partial charge in [-0.25, -0.2) is 4.79 Å². The summed E-state index contributed by atoms with van der Waals surface area (Å²) in [5, 5.41) is 13.0. The summed E-state index contributed by atoms with van der Waals surface area (Å²) < 4.78 is 6.66. The van der Waals surface area contributed by atoms with E-state index < -0.39 is 17.6 Å². The number of anilines is 1. The van der Waals surface area contributed by atoms with Crippen molar-refractivity contribution in [2.75, 3.05) is 12.4 Å². The molecule has 186 valence electrons. The van der Waals surface area contributed by atoms with E-state index in [1.165, 1.54) is 4.57 Å². The van der Waals surface area contributed by atoms with Crippen molar-refractivity contribution >= 4 is 53.0 Å². The molecule has 0 radical (unpaired) electrons. The van der Waals surface area contributed by atoms with E-state index in [-0.39, 0.29) is 16.2 Å². The molecule has 0 fully saturated rings. The average molecular weight is 553 g/mol. The van der Waals surface area contributed by atoms with Gasteiger partial charge in [0.1, 0.15) is 17.6 Å². The molecule has 3 aromatic carbocycles. The Hall–Kier alpha value is -3.99. The third-order valence-corrected chi connectivity index (χ3v) is 6.59. The van der Waals surface area contributed by atoms with Gasteiger partial charge in [-0.2, -0.15) is 5.01 Å². The molecule has 1 aromatic heterocycles. The minimum Gasteiger partial charge on any atom is -0.497 e. The smallest absolute Gasteiger partial charge is 0.345 e. The van der Waals surface area contributed by atoms with Crippen LogP contribution in [0.4, 0.5) is 16.3 Å². The first-order valence-electron chi connectivity index (χ1n) is 10.9. The first kappa shape index (κ1) is 24.7. The zero-order chi connectivity index (χ0) is 26.1. The monoisotopic (exact) mass is 552 g/mol. The molecule has 9 nitrogen and oxygen atoms in total. The minimum absolute atomic E-state index is 0.100. The quantitative estimate of drug-likeness (QED) is 0.208. The lowest BCUT2D eigenvalue weighted by molar-refractivity contribution is 0.192. The van der Waals surface area contributed by atoms with Crippen molar-refractivity contribution in [3.8, 4) is 11.4 Å². The molecule has 4 aromatic rings. The molecule has 0 saturated carbocycles. The number of H-pyrrole nitrogens is 1. The highest BCUT2D eigenvalue weighted by molar-refractivity contribution is 7.71. The second kappa shape index (κ2) is 10.2. The number of aromatic amines is 1. The van der Waals surface area contributed by atoms with E-state index in [4.69, 9.17) is 40.2 Å². The Kier molecular flexibility index (Phi) is 6.79. The van der Waals surface area contributed by atoms with Crippen LogP contribution in [0.3, 0.4) is 0 Å². The number of nitrogens with one attached hydrogen (secondary N) is 2. The zero-order valence-corrected chi connectivity index (χ0v) is 21.5. The van der Waals surface area contributed by atoms with E-state index in [1.807, 2.05) is 0 Å². The standard InChI is InChI=1S/C25H18Cl2N6O3S/c1-36-17-12-10-16(11-13-17)32-23(34)20-21(18-4-2-3-5-19(18)27)33(24(35)28-22(20)29-25(32)37)31-30-15-8-6-14(26)7-9-15/h2-13,21H,1H3,(H,28,35)(H,29,37). The van der Waals surface area contributed by atoms with Crippen LogP contribution in [-0.2, 0) is 0 Å². The average Bonchev–Trinajstić information content (AvgIpc) is 2.89. The molecule has 37 heavy (non-hydrogen) atoms. The summed E-state index contributed by atoms with van der Waals surface area (Å²) in [5.41, 5.74) is 1.19. The number of amides is 2. The SMILES string of the molecule is COc1ccc(-n2c(=S)[nH]c3c(c2=O)C(c2ccccc2Cl)N(N=Nc2ccc(Cl)cc2)C(=O)N3)cc1. The fourth-order valence-corrected chi connectivity index (χ4v) is 4.61. The molecule has 0 aliphatic carbocycles. The molecule has 0 saturated heterocycles.